The largest absolute Gasteiger partial charge is 0.447 e. The molecule has 0 aliphatic rings. The standard InChI is InChI=1S/2C14H28N2O2.C14H29NO.C13H28N2O.C10H22N2O.C10H21NO2.C10H21NOS/c1-9(2)13(17)16(12(7)8)14(18)15(10(3)4)11(5)6;1-9(2)13(10(3)4)15-18-14(17)16(11(5)6)12(7)8;1-9(2)13(10(3)4)14(16)15(11(5)6)12(7)8;1-9(2)14(10(3)4)13(16)15(11(5)6)12(7)8;1-7(2)11-10(13)12(8(3)4)9(5)6;2*1-7(2)11(8(3)4)10(12)13-9(5)6/h2*9-12H,1-8H3;9-13H,1-8H3;9-12H,1-8H3;7-9H,1-6H3,(H,11,13);2*7-9H,1-6H3. The van der Waals surface area contributed by atoms with E-state index in [-0.39, 0.29) is 168 Å². The van der Waals surface area contributed by atoms with Gasteiger partial charge in [-0.05, 0) is 287 Å². The first kappa shape index (κ1) is 115. The highest BCUT2D eigenvalue weighted by molar-refractivity contribution is 8.14. The van der Waals surface area contributed by atoms with Gasteiger partial charge in [-0.15, -0.1) is 0 Å². The van der Waals surface area contributed by atoms with Crippen LogP contribution in [0.15, 0.2) is 5.16 Å². The van der Waals surface area contributed by atoms with Gasteiger partial charge in [0.1, 0.15) is 0 Å². The number of carbonyl (C=O) groups is 8. The van der Waals surface area contributed by atoms with E-state index in [9.17, 15) is 38.4 Å². The van der Waals surface area contributed by atoms with Crippen molar-refractivity contribution >= 4 is 64.8 Å². The van der Waals surface area contributed by atoms with Gasteiger partial charge in [0.15, 0.2) is 0 Å². The third kappa shape index (κ3) is 47.7. The van der Waals surface area contributed by atoms with E-state index in [1.54, 1.807) is 14.7 Å². The Morgan fingerprint density at radius 1 is 0.290 bits per heavy atom. The lowest BCUT2D eigenvalue weighted by atomic mass is 9.84. The Kier molecular flexibility index (Phi) is 62.4. The van der Waals surface area contributed by atoms with Crippen LogP contribution in [0.5, 0.6) is 0 Å². The fraction of sp³-hybridized carbons (Fsp3) is 0.894. The van der Waals surface area contributed by atoms with Crippen molar-refractivity contribution in [1.82, 2.24) is 49.4 Å². The van der Waals surface area contributed by atoms with Gasteiger partial charge in [-0.2, -0.15) is 0 Å². The number of urea groups is 3. The maximum atomic E-state index is 12.5. The van der Waals surface area contributed by atoms with Gasteiger partial charge in [0.05, 0.1) is 11.8 Å². The molecule has 0 aromatic carbocycles. The van der Waals surface area contributed by atoms with Gasteiger partial charge < -0.3 is 49.3 Å². The molecule has 0 atom stereocenters. The Morgan fingerprint density at radius 3 is 0.776 bits per heavy atom. The number of oxime groups is 1. The molecule has 0 aliphatic heterocycles. The van der Waals surface area contributed by atoms with Crippen LogP contribution in [-0.2, 0) is 19.2 Å². The summed E-state index contributed by atoms with van der Waals surface area (Å²) >= 11 is 1.41. The quantitative estimate of drug-likeness (QED) is 0.0465. The highest BCUT2D eigenvalue weighted by Crippen LogP contribution is 2.26. The summed E-state index contributed by atoms with van der Waals surface area (Å²) in [6.07, 6.45) is -0.647. The van der Waals surface area contributed by atoms with E-state index in [0.29, 0.717) is 35.1 Å². The average molecular weight is 1550 g/mol. The second-order valence-electron chi connectivity index (χ2n) is 35.3. The van der Waals surface area contributed by atoms with Crippen LogP contribution in [0.1, 0.15) is 346 Å². The lowest BCUT2D eigenvalue weighted by Gasteiger charge is -2.39. The second kappa shape index (κ2) is 57.9. The van der Waals surface area contributed by atoms with Crippen molar-refractivity contribution in [3.05, 3.63) is 0 Å². The van der Waals surface area contributed by atoms with Gasteiger partial charge >= 0.3 is 30.3 Å². The summed E-state index contributed by atoms with van der Waals surface area (Å²) in [6.45, 7) is 101. The summed E-state index contributed by atoms with van der Waals surface area (Å²) in [5, 5.41) is 7.49. The van der Waals surface area contributed by atoms with E-state index in [1.807, 2.05) is 205 Å². The van der Waals surface area contributed by atoms with Gasteiger partial charge in [-0.3, -0.25) is 24.1 Å². The first-order valence-electron chi connectivity index (χ1n) is 41.0. The number of carbonyl (C=O) groups excluding carboxylic acids is 8. The van der Waals surface area contributed by atoms with Gasteiger partial charge in [0.25, 0.3) is 5.24 Å². The smallest absolute Gasteiger partial charge is 0.436 e. The Morgan fingerprint density at radius 2 is 0.561 bits per heavy atom. The van der Waals surface area contributed by atoms with Crippen LogP contribution >= 0.6 is 11.8 Å². The molecular weight excluding hydrogens is 1370 g/mol. The summed E-state index contributed by atoms with van der Waals surface area (Å²) < 4.78 is 5.12. The van der Waals surface area contributed by atoms with Crippen molar-refractivity contribution in [2.24, 2.45) is 40.7 Å². The number of rotatable bonds is 27. The van der Waals surface area contributed by atoms with Gasteiger partial charge in [0.2, 0.25) is 11.8 Å². The summed E-state index contributed by atoms with van der Waals surface area (Å²) in [5.41, 5.74) is 0.913. The molecule has 22 heteroatoms. The lowest BCUT2D eigenvalue weighted by Crippen LogP contribution is -2.54. The number of hydrogen-bond donors (Lipinski definition) is 1. The van der Waals surface area contributed by atoms with Crippen molar-refractivity contribution < 1.29 is 47.9 Å². The molecule has 0 spiro atoms. The average Bonchev–Trinajstić information content (AvgIpc) is 0.841. The molecule has 0 radical (unpaired) electrons. The second-order valence-corrected chi connectivity index (χ2v) is 36.8. The van der Waals surface area contributed by atoms with E-state index in [2.05, 4.69) is 177 Å². The minimum atomic E-state index is -0.376. The maximum Gasteiger partial charge on any atom is 0.436 e. The van der Waals surface area contributed by atoms with Crippen molar-refractivity contribution in [3.8, 4) is 0 Å². The van der Waals surface area contributed by atoms with E-state index < -0.39 is 0 Å². The Labute approximate surface area is 665 Å². The third-order valence-corrected chi connectivity index (χ3v) is 17.2. The molecule has 0 saturated carbocycles. The Bertz CT molecular complexity index is 2180. The molecule has 638 valence electrons. The fourth-order valence-corrected chi connectivity index (χ4v) is 13.8. The predicted octanol–water partition coefficient (Wildman–Crippen LogP) is 22.2. The van der Waals surface area contributed by atoms with E-state index in [0.717, 1.165) is 5.71 Å². The maximum absolute atomic E-state index is 12.5. The van der Waals surface area contributed by atoms with Crippen LogP contribution < -0.4 is 5.32 Å². The van der Waals surface area contributed by atoms with Crippen molar-refractivity contribution in [2.75, 3.05) is 0 Å². The number of ether oxygens (including phenoxy) is 1. The minimum absolute atomic E-state index is 0.0278. The van der Waals surface area contributed by atoms with E-state index in [1.165, 1.54) is 16.7 Å². The fourth-order valence-electron chi connectivity index (χ4n) is 12.8. The summed E-state index contributed by atoms with van der Waals surface area (Å²) in [7, 11) is 0. The first-order valence-corrected chi connectivity index (χ1v) is 41.9. The topological polar surface area (TPSA) is 209 Å². The van der Waals surface area contributed by atoms with Crippen LogP contribution in [0.25, 0.3) is 0 Å². The molecule has 0 fully saturated rings. The molecule has 0 bridgehead atoms. The molecule has 1 N–H and O–H groups in total. The molecule has 0 aromatic rings. The molecule has 0 rings (SSSR count). The number of amides is 11. The highest BCUT2D eigenvalue weighted by atomic mass is 32.2. The summed E-state index contributed by atoms with van der Waals surface area (Å²) in [5.74, 6) is 1.56. The van der Waals surface area contributed by atoms with Gasteiger partial charge in [-0.25, -0.2) is 24.0 Å². The highest BCUT2D eigenvalue weighted by Gasteiger charge is 2.35. The van der Waals surface area contributed by atoms with Crippen LogP contribution in [0, 0.1) is 35.5 Å². The zero-order valence-corrected chi connectivity index (χ0v) is 79.8. The lowest BCUT2D eigenvalue weighted by molar-refractivity contribution is -0.142. The number of nitrogens with one attached hydrogen (secondary N) is 1. The van der Waals surface area contributed by atoms with E-state index in [4.69, 9.17) is 9.57 Å². The van der Waals surface area contributed by atoms with Crippen LogP contribution in [0.2, 0.25) is 0 Å². The SMILES string of the molecule is CC(C)C(=NOC(=O)N(C(C)C)C(C)C)C(C)C.CC(C)C(=O)N(C(=O)N(C(C)C)C(C)C)C(C)C.CC(C)C(C(=O)N(C(C)C)C(C)C)C(C)C.CC(C)N(C(=O)N(C(C)C)C(C)C)C(C)C.CC(C)NC(=O)N(C(C)C)C(C)C.CC(C)OC(=O)N(C(C)C)C(C)C.CC(C)SC(=O)N(C(C)C)C(C)C. The van der Waals surface area contributed by atoms with Crippen LogP contribution in [-0.4, -0.2) is 217 Å². The minimum Gasteiger partial charge on any atom is -0.447 e. The zero-order valence-electron chi connectivity index (χ0n) is 79.0. The van der Waals surface area contributed by atoms with Crippen molar-refractivity contribution in [2.45, 2.75) is 466 Å². The molecule has 0 aliphatic carbocycles. The molecule has 0 saturated heterocycles. The number of hydrogen-bond acceptors (Lipinski definition) is 12. The molecule has 107 heavy (non-hydrogen) atoms. The van der Waals surface area contributed by atoms with Crippen molar-refractivity contribution in [1.29, 1.82) is 0 Å². The molecule has 0 heterocycles. The van der Waals surface area contributed by atoms with Gasteiger partial charge in [0, 0.05) is 126 Å². The molecule has 11 amide bonds. The molecule has 0 aromatic heterocycles. The third-order valence-electron chi connectivity index (χ3n) is 16.4. The number of thioether (sulfide) groups is 1. The van der Waals surface area contributed by atoms with E-state index >= 15 is 0 Å². The summed E-state index contributed by atoms with van der Waals surface area (Å²) in [6, 6.07) is 3.44. The summed E-state index contributed by atoms with van der Waals surface area (Å²) in [4.78, 5) is 118. The zero-order chi connectivity index (χ0) is 86.9. The number of nitrogens with zero attached hydrogens (tertiary/aromatic N) is 10. The van der Waals surface area contributed by atoms with Crippen LogP contribution in [0.4, 0.5) is 28.8 Å². The monoisotopic (exact) mass is 1540 g/mol. The molecular formula is C85H177N11O10S. The molecule has 21 nitrogen and oxygen atoms in total. The predicted molar refractivity (Wildman–Crippen MR) is 460 cm³/mol. The normalized spacial score (nSPS) is 11.6. The Balaban J connectivity index is -0.000000219. The van der Waals surface area contributed by atoms with Gasteiger partial charge in [-0.1, -0.05) is 100 Å². The van der Waals surface area contributed by atoms with Crippen LogP contribution in [0.3, 0.4) is 0 Å². The van der Waals surface area contributed by atoms with Crippen molar-refractivity contribution in [3.63, 3.8) is 0 Å². The first-order chi connectivity index (χ1) is 48.3. The Hall–Kier alpha value is -5.02. The molecule has 0 unspecified atom stereocenters. The number of imide groups is 1.